The van der Waals surface area contributed by atoms with E-state index in [1.807, 2.05) is 24.3 Å². The van der Waals surface area contributed by atoms with Gasteiger partial charge in [0.25, 0.3) is 0 Å². The van der Waals surface area contributed by atoms with Crippen LogP contribution < -0.4 is 0 Å². The zero-order chi connectivity index (χ0) is 44.7. The Balaban J connectivity index is 1.06. The van der Waals surface area contributed by atoms with E-state index in [1.54, 1.807) is 0 Å². The lowest BCUT2D eigenvalue weighted by atomic mass is 9.88. The number of rotatable bonds is 6. The average molecular weight is 867 g/mol. The number of fused-ring (bicyclic) bond motifs is 12. The van der Waals surface area contributed by atoms with Crippen LogP contribution in [0.2, 0.25) is 0 Å². The second-order valence-electron chi connectivity index (χ2n) is 17.7. The Morgan fingerprint density at radius 2 is 0.824 bits per heavy atom. The molecule has 1 unspecified atom stereocenters. The third kappa shape index (κ3) is 5.96. The Hall–Kier alpha value is -9.06. The maximum absolute atomic E-state index is 5.43. The van der Waals surface area contributed by atoms with Gasteiger partial charge in [0.1, 0.15) is 0 Å². The summed E-state index contributed by atoms with van der Waals surface area (Å²) in [5.41, 5.74) is 12.1. The summed E-state index contributed by atoms with van der Waals surface area (Å²) < 4.78 is 4.84. The van der Waals surface area contributed by atoms with Crippen molar-refractivity contribution in [3.8, 4) is 22.5 Å². The highest BCUT2D eigenvalue weighted by Gasteiger charge is 2.22. The number of hydrogen-bond donors (Lipinski definition) is 0. The first-order valence-corrected chi connectivity index (χ1v) is 23.2. The zero-order valence-electron chi connectivity index (χ0n) is 36.8. The Kier molecular flexibility index (Phi) is 8.58. The smallest absolute Gasteiger partial charge is 0.0822 e. The molecule has 0 spiro atoms. The molecule has 5 nitrogen and oxygen atoms in total. The van der Waals surface area contributed by atoms with Crippen LogP contribution in [0.5, 0.6) is 0 Å². The van der Waals surface area contributed by atoms with Gasteiger partial charge in [0, 0.05) is 32.9 Å². The van der Waals surface area contributed by atoms with Gasteiger partial charge in [0.15, 0.2) is 0 Å². The van der Waals surface area contributed by atoms with Gasteiger partial charge in [-0.2, -0.15) is 0 Å². The topological polar surface area (TPSA) is 48.7 Å². The van der Waals surface area contributed by atoms with Crippen molar-refractivity contribution < 1.29 is 0 Å². The Morgan fingerprint density at radius 1 is 0.338 bits per heavy atom. The molecule has 1 atom stereocenters. The highest BCUT2D eigenvalue weighted by molar-refractivity contribution is 6.33. The number of aliphatic imine (C=N–C) groups is 2. The number of aromatic nitrogens is 2. The molecule has 0 saturated heterocycles. The van der Waals surface area contributed by atoms with E-state index >= 15 is 0 Å². The molecule has 13 aromatic rings. The molecule has 1 aliphatic rings. The molecule has 0 aliphatic carbocycles. The lowest BCUT2D eigenvalue weighted by Crippen LogP contribution is -2.16. The molecule has 2 aromatic heterocycles. The Morgan fingerprint density at radius 3 is 1.49 bits per heavy atom. The van der Waals surface area contributed by atoms with Crippen LogP contribution in [0.15, 0.2) is 247 Å². The molecule has 14 rings (SSSR count). The predicted molar refractivity (Wildman–Crippen MR) is 285 cm³/mol. The number of amidine groups is 2. The molecule has 0 radical (unpaired) electrons. The van der Waals surface area contributed by atoms with Crippen LogP contribution in [0, 0.1) is 0 Å². The fraction of sp³-hybridized carbons (Fsp3) is 0.0159. The van der Waals surface area contributed by atoms with Crippen molar-refractivity contribution in [3.05, 3.63) is 259 Å². The highest BCUT2D eigenvalue weighted by Crippen LogP contribution is 2.44. The molecule has 11 aromatic carbocycles. The summed E-state index contributed by atoms with van der Waals surface area (Å²) in [6.45, 7) is 0. The van der Waals surface area contributed by atoms with Crippen LogP contribution in [-0.2, 0) is 0 Å². The van der Waals surface area contributed by atoms with Gasteiger partial charge in [-0.1, -0.05) is 176 Å². The van der Waals surface area contributed by atoms with E-state index in [4.69, 9.17) is 15.3 Å². The van der Waals surface area contributed by atoms with Crippen LogP contribution in [-0.4, -0.2) is 20.8 Å². The maximum atomic E-state index is 5.43. The van der Waals surface area contributed by atoms with Gasteiger partial charge < -0.3 is 19.4 Å². The molecule has 318 valence electrons. The number of para-hydroxylation sites is 3. The van der Waals surface area contributed by atoms with E-state index in [1.165, 1.54) is 59.6 Å². The van der Waals surface area contributed by atoms with Crippen LogP contribution in [0.1, 0.15) is 22.9 Å². The molecule has 0 fully saturated rings. The van der Waals surface area contributed by atoms with Crippen LogP contribution in [0.3, 0.4) is 0 Å². The van der Waals surface area contributed by atoms with E-state index < -0.39 is 6.17 Å². The van der Waals surface area contributed by atoms with Gasteiger partial charge >= 0.3 is 0 Å². The zero-order valence-corrected chi connectivity index (χ0v) is 36.8. The summed E-state index contributed by atoms with van der Waals surface area (Å²) >= 11 is 0. The summed E-state index contributed by atoms with van der Waals surface area (Å²) in [5.74, 6) is 1.33. The molecule has 0 bridgehead atoms. The Bertz CT molecular complexity index is 4200. The number of nitrogens with zero attached hydrogens (tertiary/aromatic N) is 5. The standard InChI is InChI=1S/C63H40N5/c1-5-19-40(20-6-1)61-64-62(41-21-7-2-8-22-41)66-63(65-61)55-37-43(36-54-48-29-14-13-27-46(48)47-28-15-16-31-50(47)60(54)55)42-33-34-57-51(35-42)53-39-58-52(38-59(53)68(57)45-25-11-4-12-26-45)49-30-17-18-32-56(49)67(58)44-23-9-3-10-24-44/h1-39,61H/q-1. The highest BCUT2D eigenvalue weighted by atomic mass is 15.2. The lowest BCUT2D eigenvalue weighted by Gasteiger charge is -2.33. The number of benzene rings is 11. The van der Waals surface area contributed by atoms with Gasteiger partial charge in [-0.3, -0.25) is 4.99 Å². The van der Waals surface area contributed by atoms with Crippen molar-refractivity contribution in [2.45, 2.75) is 6.17 Å². The summed E-state index contributed by atoms with van der Waals surface area (Å²) in [5, 5.41) is 17.3. The number of hydrogen-bond acceptors (Lipinski definition) is 2. The van der Waals surface area contributed by atoms with Crippen molar-refractivity contribution in [3.63, 3.8) is 0 Å². The molecule has 5 heteroatoms. The third-order valence-corrected chi connectivity index (χ3v) is 13.8. The largest absolute Gasteiger partial charge is 0.438 e. The fourth-order valence-electron chi connectivity index (χ4n) is 10.8. The second-order valence-corrected chi connectivity index (χ2v) is 17.7. The first-order valence-electron chi connectivity index (χ1n) is 23.2. The SMILES string of the molecule is c1ccc(C2=NC(c3ccccc3)[N-]C(c3cc(-c4ccc5c(c4)c4cc6c(cc4n5-c4ccccc4)c4ccccc4n6-c4ccccc4)cc4c5ccccc5c5ccccc5c34)=N2)cc1. The monoisotopic (exact) mass is 866 g/mol. The Labute approximate surface area is 392 Å². The van der Waals surface area contributed by atoms with Crippen molar-refractivity contribution in [1.29, 1.82) is 0 Å². The van der Waals surface area contributed by atoms with Crippen molar-refractivity contribution in [1.82, 2.24) is 9.13 Å². The van der Waals surface area contributed by atoms with Gasteiger partial charge in [-0.25, -0.2) is 0 Å². The second kappa shape index (κ2) is 15.3. The minimum Gasteiger partial charge on any atom is -0.438 e. The van der Waals surface area contributed by atoms with Gasteiger partial charge in [0.05, 0.1) is 34.1 Å². The molecular weight excluding hydrogens is 827 g/mol. The molecular formula is C63H40N5-. The van der Waals surface area contributed by atoms with E-state index in [0.717, 1.165) is 55.5 Å². The summed E-state index contributed by atoms with van der Waals surface area (Å²) in [6, 6.07) is 85.0. The summed E-state index contributed by atoms with van der Waals surface area (Å²) in [6.07, 6.45) is -0.465. The van der Waals surface area contributed by atoms with Crippen LogP contribution in [0.25, 0.3) is 104 Å². The molecule has 0 saturated carbocycles. The van der Waals surface area contributed by atoms with Crippen molar-refractivity contribution in [2.24, 2.45) is 9.98 Å². The molecule has 3 heterocycles. The van der Waals surface area contributed by atoms with Crippen LogP contribution >= 0.6 is 0 Å². The fourth-order valence-corrected chi connectivity index (χ4v) is 10.8. The maximum Gasteiger partial charge on any atom is 0.0822 e. The van der Waals surface area contributed by atoms with Crippen LogP contribution in [0.4, 0.5) is 0 Å². The lowest BCUT2D eigenvalue weighted by molar-refractivity contribution is 0.878. The first kappa shape index (κ1) is 38.2. The predicted octanol–water partition coefficient (Wildman–Crippen LogP) is 16.3. The van der Waals surface area contributed by atoms with E-state index in [-0.39, 0.29) is 0 Å². The van der Waals surface area contributed by atoms with Gasteiger partial charge in [-0.15, -0.1) is 0 Å². The normalized spacial score (nSPS) is 14.0. The minimum atomic E-state index is -0.465. The van der Waals surface area contributed by atoms with Gasteiger partial charge in [0.2, 0.25) is 0 Å². The molecule has 68 heavy (non-hydrogen) atoms. The third-order valence-electron chi connectivity index (χ3n) is 13.8. The van der Waals surface area contributed by atoms with E-state index in [0.29, 0.717) is 11.7 Å². The van der Waals surface area contributed by atoms with E-state index in [9.17, 15) is 0 Å². The van der Waals surface area contributed by atoms with Gasteiger partial charge in [-0.05, 0) is 127 Å². The van der Waals surface area contributed by atoms with Crippen molar-refractivity contribution >= 4 is 87.6 Å². The molecule has 0 N–H and O–H groups in total. The van der Waals surface area contributed by atoms with E-state index in [2.05, 4.69) is 221 Å². The first-order chi connectivity index (χ1) is 33.7. The van der Waals surface area contributed by atoms with Crippen molar-refractivity contribution in [2.75, 3.05) is 0 Å². The average Bonchev–Trinajstić information content (AvgIpc) is 3.92. The molecule has 1 aliphatic heterocycles. The minimum absolute atomic E-state index is 0.465. The quantitative estimate of drug-likeness (QED) is 0.150. The summed E-state index contributed by atoms with van der Waals surface area (Å²) in [4.78, 5) is 10.6. The molecule has 0 amide bonds. The summed E-state index contributed by atoms with van der Waals surface area (Å²) in [7, 11) is 0.